The molecule has 0 fully saturated rings. The van der Waals surface area contributed by atoms with Crippen LogP contribution < -0.4 is 16.3 Å². The molecule has 9 heteroatoms. The zero-order valence-corrected chi connectivity index (χ0v) is 17.3. The Kier molecular flexibility index (Phi) is 5.89. The minimum Gasteiger partial charge on any atom is -0.422 e. The normalized spacial score (nSPS) is 13.0. The highest BCUT2D eigenvalue weighted by molar-refractivity contribution is 6.06. The maximum Gasteiger partial charge on any atom is 0.344 e. The standard InChI is InChI=1S/C24H18F2N2O5/c1-12(27-23(31)21(29)13-8-14(25)10-15(26)9-13)22(30)28-16-6-7-20-19(11-16)17-4-2-3-5-18(17)24(32)33-20/h2-12,21,29H,1H3,(H,27,31)(H,28,30)/t12-,21+/m0/s1. The lowest BCUT2D eigenvalue weighted by Crippen LogP contribution is -2.43. The van der Waals surface area contributed by atoms with Gasteiger partial charge in [0.1, 0.15) is 23.3 Å². The molecule has 0 saturated heterocycles. The SMILES string of the molecule is C[C@H](NC(=O)[C@H](O)c1cc(F)cc(F)c1)C(=O)Nc1ccc2oc(=O)c3ccccc3c2c1. The average molecular weight is 452 g/mol. The second-order valence-electron chi connectivity index (χ2n) is 7.47. The topological polar surface area (TPSA) is 109 Å². The third-order valence-corrected chi connectivity index (χ3v) is 5.09. The number of nitrogens with one attached hydrogen (secondary N) is 2. The number of hydrogen-bond donors (Lipinski definition) is 3. The van der Waals surface area contributed by atoms with Crippen molar-refractivity contribution in [2.24, 2.45) is 0 Å². The summed E-state index contributed by atoms with van der Waals surface area (Å²) in [6.07, 6.45) is -1.86. The number of halogens is 2. The number of carbonyl (C=O) groups excluding carboxylic acids is 2. The van der Waals surface area contributed by atoms with Gasteiger partial charge in [-0.2, -0.15) is 0 Å². The molecule has 2 amide bonds. The zero-order chi connectivity index (χ0) is 23.7. The van der Waals surface area contributed by atoms with Crippen molar-refractivity contribution < 1.29 is 27.9 Å². The van der Waals surface area contributed by atoms with E-state index in [-0.39, 0.29) is 5.56 Å². The van der Waals surface area contributed by atoms with Crippen LogP contribution in [0.25, 0.3) is 21.7 Å². The second kappa shape index (κ2) is 8.79. The molecule has 2 atom stereocenters. The molecule has 0 aliphatic rings. The summed E-state index contributed by atoms with van der Waals surface area (Å²) < 4.78 is 32.0. The highest BCUT2D eigenvalue weighted by Gasteiger charge is 2.23. The van der Waals surface area contributed by atoms with E-state index in [9.17, 15) is 28.3 Å². The lowest BCUT2D eigenvalue weighted by Gasteiger charge is -2.17. The van der Waals surface area contributed by atoms with Crippen LogP contribution in [0.3, 0.4) is 0 Å². The van der Waals surface area contributed by atoms with E-state index in [0.29, 0.717) is 33.5 Å². The van der Waals surface area contributed by atoms with Gasteiger partial charge < -0.3 is 20.2 Å². The van der Waals surface area contributed by atoms with Crippen molar-refractivity contribution >= 4 is 39.2 Å². The molecule has 0 radical (unpaired) electrons. The largest absolute Gasteiger partial charge is 0.422 e. The Labute approximate surface area is 185 Å². The van der Waals surface area contributed by atoms with Crippen LogP contribution >= 0.6 is 0 Å². The Morgan fingerprint density at radius 2 is 1.58 bits per heavy atom. The molecule has 0 saturated carbocycles. The van der Waals surface area contributed by atoms with Crippen molar-refractivity contribution in [2.45, 2.75) is 19.1 Å². The molecule has 168 valence electrons. The summed E-state index contributed by atoms with van der Waals surface area (Å²) in [6.45, 7) is 1.39. The first-order chi connectivity index (χ1) is 15.7. The summed E-state index contributed by atoms with van der Waals surface area (Å²) in [7, 11) is 0. The third-order valence-electron chi connectivity index (χ3n) is 5.09. The fourth-order valence-corrected chi connectivity index (χ4v) is 3.45. The first-order valence-electron chi connectivity index (χ1n) is 9.94. The highest BCUT2D eigenvalue weighted by Crippen LogP contribution is 2.25. The summed E-state index contributed by atoms with van der Waals surface area (Å²) in [5.41, 5.74) is -0.00712. The predicted molar refractivity (Wildman–Crippen MR) is 118 cm³/mol. The first kappa shape index (κ1) is 22.1. The van der Waals surface area contributed by atoms with Crippen LogP contribution in [0.1, 0.15) is 18.6 Å². The van der Waals surface area contributed by atoms with Gasteiger partial charge >= 0.3 is 5.63 Å². The summed E-state index contributed by atoms with van der Waals surface area (Å²) in [4.78, 5) is 36.9. The molecule has 1 aromatic heterocycles. The van der Waals surface area contributed by atoms with Crippen LogP contribution in [0.5, 0.6) is 0 Å². The Morgan fingerprint density at radius 3 is 2.27 bits per heavy atom. The van der Waals surface area contributed by atoms with Crippen LogP contribution in [0.4, 0.5) is 14.5 Å². The lowest BCUT2D eigenvalue weighted by molar-refractivity contribution is -0.132. The van der Waals surface area contributed by atoms with Gasteiger partial charge in [-0.25, -0.2) is 13.6 Å². The zero-order valence-electron chi connectivity index (χ0n) is 17.3. The second-order valence-corrected chi connectivity index (χ2v) is 7.47. The van der Waals surface area contributed by atoms with Gasteiger partial charge in [0.25, 0.3) is 5.91 Å². The molecule has 3 aromatic carbocycles. The van der Waals surface area contributed by atoms with Gasteiger partial charge in [-0.05, 0) is 54.3 Å². The Morgan fingerprint density at radius 1 is 0.909 bits per heavy atom. The number of aliphatic hydroxyl groups is 1. The van der Waals surface area contributed by atoms with Gasteiger partial charge in [0.15, 0.2) is 6.10 Å². The van der Waals surface area contributed by atoms with Crippen molar-refractivity contribution in [1.29, 1.82) is 0 Å². The van der Waals surface area contributed by atoms with Crippen LogP contribution in [0, 0.1) is 11.6 Å². The third kappa shape index (κ3) is 4.58. The number of amides is 2. The van der Waals surface area contributed by atoms with Crippen LogP contribution in [0.2, 0.25) is 0 Å². The molecular formula is C24H18F2N2O5. The number of hydrogen-bond acceptors (Lipinski definition) is 5. The minimum atomic E-state index is -1.86. The van der Waals surface area contributed by atoms with Crippen molar-refractivity contribution in [1.82, 2.24) is 5.32 Å². The summed E-state index contributed by atoms with van der Waals surface area (Å²) >= 11 is 0. The average Bonchev–Trinajstić information content (AvgIpc) is 2.78. The number of benzene rings is 3. The van der Waals surface area contributed by atoms with Crippen molar-refractivity contribution in [3.63, 3.8) is 0 Å². The first-order valence-corrected chi connectivity index (χ1v) is 9.94. The number of rotatable bonds is 5. The lowest BCUT2D eigenvalue weighted by atomic mass is 10.1. The summed E-state index contributed by atoms with van der Waals surface area (Å²) in [5, 5.41) is 16.7. The molecule has 0 aliphatic carbocycles. The number of fused-ring (bicyclic) bond motifs is 3. The Balaban J connectivity index is 1.50. The number of aliphatic hydroxyl groups excluding tert-OH is 1. The van der Waals surface area contributed by atoms with Gasteiger partial charge in [-0.3, -0.25) is 9.59 Å². The quantitative estimate of drug-likeness (QED) is 0.318. The van der Waals surface area contributed by atoms with Crippen LogP contribution in [0.15, 0.2) is 69.9 Å². The van der Waals surface area contributed by atoms with E-state index in [0.717, 1.165) is 12.1 Å². The molecule has 0 bridgehead atoms. The van der Waals surface area contributed by atoms with Gasteiger partial charge in [0.2, 0.25) is 5.91 Å². The Hall–Kier alpha value is -4.11. The molecule has 0 unspecified atom stereocenters. The number of anilines is 1. The molecule has 1 heterocycles. The van der Waals surface area contributed by atoms with E-state index in [1.54, 1.807) is 36.4 Å². The fourth-order valence-electron chi connectivity index (χ4n) is 3.45. The smallest absolute Gasteiger partial charge is 0.344 e. The van der Waals surface area contributed by atoms with E-state index in [2.05, 4.69) is 10.6 Å². The molecule has 0 aliphatic heterocycles. The van der Waals surface area contributed by atoms with Gasteiger partial charge in [-0.15, -0.1) is 0 Å². The van der Waals surface area contributed by atoms with E-state index >= 15 is 0 Å². The molecule has 4 rings (SSSR count). The summed E-state index contributed by atoms with van der Waals surface area (Å²) in [5.74, 6) is -3.47. The predicted octanol–water partition coefficient (Wildman–Crippen LogP) is 3.40. The minimum absolute atomic E-state index is 0.277. The van der Waals surface area contributed by atoms with Crippen molar-refractivity contribution in [2.75, 3.05) is 5.32 Å². The van der Waals surface area contributed by atoms with Crippen molar-refractivity contribution in [3.05, 3.63) is 88.3 Å². The molecular weight excluding hydrogens is 434 g/mol. The van der Waals surface area contributed by atoms with E-state index in [4.69, 9.17) is 4.42 Å². The summed E-state index contributed by atoms with van der Waals surface area (Å²) in [6, 6.07) is 12.8. The maximum absolute atomic E-state index is 13.3. The van der Waals surface area contributed by atoms with Gasteiger partial charge in [-0.1, -0.05) is 18.2 Å². The molecule has 0 spiro atoms. The number of carbonyl (C=O) groups is 2. The van der Waals surface area contributed by atoms with Crippen LogP contribution in [-0.4, -0.2) is 23.0 Å². The Bertz CT molecular complexity index is 1430. The molecule has 7 nitrogen and oxygen atoms in total. The molecule has 3 N–H and O–H groups in total. The monoisotopic (exact) mass is 452 g/mol. The van der Waals surface area contributed by atoms with Gasteiger partial charge in [0.05, 0.1) is 5.39 Å². The van der Waals surface area contributed by atoms with Crippen LogP contribution in [-0.2, 0) is 9.59 Å². The fraction of sp³-hybridized carbons (Fsp3) is 0.125. The van der Waals surface area contributed by atoms with E-state index < -0.39 is 41.2 Å². The van der Waals surface area contributed by atoms with Crippen molar-refractivity contribution in [3.8, 4) is 0 Å². The highest BCUT2D eigenvalue weighted by atomic mass is 19.1. The molecule has 33 heavy (non-hydrogen) atoms. The molecule has 4 aromatic rings. The maximum atomic E-state index is 13.3. The van der Waals surface area contributed by atoms with E-state index in [1.165, 1.54) is 13.0 Å². The van der Waals surface area contributed by atoms with Gasteiger partial charge in [0, 0.05) is 17.1 Å². The van der Waals surface area contributed by atoms with E-state index in [1.807, 2.05) is 0 Å².